The van der Waals surface area contributed by atoms with E-state index in [1.54, 1.807) is 0 Å². The Morgan fingerprint density at radius 2 is 2.00 bits per heavy atom. The van der Waals surface area contributed by atoms with Crippen LogP contribution in [0.1, 0.15) is 53.9 Å². The smallest absolute Gasteiger partial charge is 0.0509 e. The van der Waals surface area contributed by atoms with Crippen molar-refractivity contribution in [1.82, 2.24) is 5.32 Å². The molecule has 16 heavy (non-hydrogen) atoms. The molecule has 0 amide bonds. The van der Waals surface area contributed by atoms with E-state index in [1.807, 2.05) is 0 Å². The third-order valence-electron chi connectivity index (χ3n) is 3.55. The lowest BCUT2D eigenvalue weighted by atomic mass is 9.88. The fourth-order valence-electron chi connectivity index (χ4n) is 2.26. The maximum Gasteiger partial charge on any atom is 0.0509 e. The molecule has 1 rings (SSSR count). The fraction of sp³-hybridized carbons (Fsp3) is 1.00. The van der Waals surface area contributed by atoms with Crippen molar-refractivity contribution in [2.45, 2.75) is 66.0 Å². The summed E-state index contributed by atoms with van der Waals surface area (Å²) in [4.78, 5) is 0. The molecule has 1 heterocycles. The maximum absolute atomic E-state index is 5.43. The van der Waals surface area contributed by atoms with Crippen LogP contribution in [0, 0.1) is 11.3 Å². The van der Waals surface area contributed by atoms with Crippen LogP contribution >= 0.6 is 0 Å². The maximum atomic E-state index is 5.43. The summed E-state index contributed by atoms with van der Waals surface area (Å²) < 4.78 is 5.43. The summed E-state index contributed by atoms with van der Waals surface area (Å²) in [5.74, 6) is 0.720. The fourth-order valence-corrected chi connectivity index (χ4v) is 2.26. The van der Waals surface area contributed by atoms with Crippen LogP contribution in [-0.2, 0) is 4.74 Å². The predicted molar refractivity (Wildman–Crippen MR) is 69.7 cm³/mol. The zero-order chi connectivity index (χ0) is 12.2. The van der Waals surface area contributed by atoms with E-state index in [0.29, 0.717) is 17.5 Å². The Hall–Kier alpha value is -0.0800. The minimum absolute atomic E-state index is 0.454. The average molecular weight is 227 g/mol. The van der Waals surface area contributed by atoms with Crippen LogP contribution in [0.25, 0.3) is 0 Å². The van der Waals surface area contributed by atoms with E-state index in [-0.39, 0.29) is 0 Å². The van der Waals surface area contributed by atoms with E-state index in [0.717, 1.165) is 19.1 Å². The van der Waals surface area contributed by atoms with E-state index >= 15 is 0 Å². The Kier molecular flexibility index (Phi) is 5.26. The van der Waals surface area contributed by atoms with Gasteiger partial charge in [-0.1, -0.05) is 20.8 Å². The van der Waals surface area contributed by atoms with E-state index in [2.05, 4.69) is 39.9 Å². The normalized spacial score (nSPS) is 25.7. The molecular formula is C14H29NO. The largest absolute Gasteiger partial charge is 0.381 e. The molecule has 96 valence electrons. The lowest BCUT2D eigenvalue weighted by Crippen LogP contribution is -2.40. The summed E-state index contributed by atoms with van der Waals surface area (Å²) in [7, 11) is 0. The highest BCUT2D eigenvalue weighted by Gasteiger charge is 2.23. The highest BCUT2D eigenvalue weighted by atomic mass is 16.5. The average Bonchev–Trinajstić information content (AvgIpc) is 2.66. The first-order valence-corrected chi connectivity index (χ1v) is 6.72. The van der Waals surface area contributed by atoms with Crippen molar-refractivity contribution in [3.8, 4) is 0 Å². The second-order valence-electron chi connectivity index (χ2n) is 6.58. The minimum atomic E-state index is 0.454. The second-order valence-corrected chi connectivity index (χ2v) is 6.58. The van der Waals surface area contributed by atoms with Crippen molar-refractivity contribution < 1.29 is 4.74 Å². The molecule has 0 aromatic rings. The van der Waals surface area contributed by atoms with Crippen LogP contribution in [0.4, 0.5) is 0 Å². The number of rotatable bonds is 5. The molecule has 0 aromatic carbocycles. The lowest BCUT2D eigenvalue weighted by Gasteiger charge is -2.26. The summed E-state index contributed by atoms with van der Waals surface area (Å²) in [5.41, 5.74) is 0.454. The highest BCUT2D eigenvalue weighted by Crippen LogP contribution is 2.22. The predicted octanol–water partition coefficient (Wildman–Crippen LogP) is 3.22. The molecule has 2 nitrogen and oxygen atoms in total. The highest BCUT2D eigenvalue weighted by molar-refractivity contribution is 4.78. The first-order valence-electron chi connectivity index (χ1n) is 6.72. The Balaban J connectivity index is 2.19. The molecule has 1 saturated heterocycles. The van der Waals surface area contributed by atoms with Gasteiger partial charge >= 0.3 is 0 Å². The molecule has 0 bridgehead atoms. The molecule has 1 N–H and O–H groups in total. The molecule has 2 heteroatoms. The van der Waals surface area contributed by atoms with Gasteiger partial charge in [-0.05, 0) is 44.4 Å². The minimum Gasteiger partial charge on any atom is -0.381 e. The number of hydrogen-bond donors (Lipinski definition) is 1. The van der Waals surface area contributed by atoms with Gasteiger partial charge in [-0.3, -0.25) is 0 Å². The van der Waals surface area contributed by atoms with Gasteiger partial charge in [-0.15, -0.1) is 0 Å². The Labute approximate surface area is 101 Å². The summed E-state index contributed by atoms with van der Waals surface area (Å²) in [6.07, 6.45) is 3.77. The van der Waals surface area contributed by atoms with Crippen molar-refractivity contribution in [3.05, 3.63) is 0 Å². The SMILES string of the molecule is CC(CCC(C)(C)C)NC(C)C1CCOC1. The van der Waals surface area contributed by atoms with Gasteiger partial charge < -0.3 is 10.1 Å². The molecule has 1 fully saturated rings. The van der Waals surface area contributed by atoms with E-state index in [1.165, 1.54) is 19.3 Å². The van der Waals surface area contributed by atoms with Gasteiger partial charge in [0.1, 0.15) is 0 Å². The molecule has 0 aromatic heterocycles. The van der Waals surface area contributed by atoms with Crippen LogP contribution in [0.15, 0.2) is 0 Å². The second kappa shape index (κ2) is 6.02. The molecule has 0 radical (unpaired) electrons. The zero-order valence-corrected chi connectivity index (χ0v) is 11.7. The van der Waals surface area contributed by atoms with Crippen LogP contribution in [0.5, 0.6) is 0 Å². The van der Waals surface area contributed by atoms with Gasteiger partial charge in [0, 0.05) is 18.7 Å². The van der Waals surface area contributed by atoms with Gasteiger partial charge in [-0.2, -0.15) is 0 Å². The van der Waals surface area contributed by atoms with Crippen molar-refractivity contribution in [2.24, 2.45) is 11.3 Å². The van der Waals surface area contributed by atoms with Gasteiger partial charge in [0.25, 0.3) is 0 Å². The summed E-state index contributed by atoms with van der Waals surface area (Å²) in [6, 6.07) is 1.22. The summed E-state index contributed by atoms with van der Waals surface area (Å²) in [5, 5.41) is 3.71. The van der Waals surface area contributed by atoms with Crippen LogP contribution in [0.3, 0.4) is 0 Å². The van der Waals surface area contributed by atoms with E-state index < -0.39 is 0 Å². The molecule has 1 aliphatic rings. The lowest BCUT2D eigenvalue weighted by molar-refractivity contribution is 0.176. The molecule has 0 spiro atoms. The topological polar surface area (TPSA) is 21.3 Å². The monoisotopic (exact) mass is 227 g/mol. The molecule has 0 aliphatic carbocycles. The van der Waals surface area contributed by atoms with Gasteiger partial charge in [0.05, 0.1) is 6.61 Å². The standard InChI is InChI=1S/C14H29NO/c1-11(6-8-14(3,4)5)15-12(2)13-7-9-16-10-13/h11-13,15H,6-10H2,1-5H3. The molecule has 1 aliphatic heterocycles. The van der Waals surface area contributed by atoms with Gasteiger partial charge in [0.15, 0.2) is 0 Å². The summed E-state index contributed by atoms with van der Waals surface area (Å²) >= 11 is 0. The van der Waals surface area contributed by atoms with Crippen molar-refractivity contribution >= 4 is 0 Å². The van der Waals surface area contributed by atoms with Crippen molar-refractivity contribution in [2.75, 3.05) is 13.2 Å². The van der Waals surface area contributed by atoms with E-state index in [4.69, 9.17) is 4.74 Å². The van der Waals surface area contributed by atoms with Crippen LogP contribution < -0.4 is 5.32 Å². The Morgan fingerprint density at radius 1 is 1.31 bits per heavy atom. The van der Waals surface area contributed by atoms with Gasteiger partial charge in [-0.25, -0.2) is 0 Å². The molecular weight excluding hydrogens is 198 g/mol. The van der Waals surface area contributed by atoms with Crippen LogP contribution in [0.2, 0.25) is 0 Å². The van der Waals surface area contributed by atoms with E-state index in [9.17, 15) is 0 Å². The zero-order valence-electron chi connectivity index (χ0n) is 11.7. The first kappa shape index (κ1) is 14.0. The summed E-state index contributed by atoms with van der Waals surface area (Å²) in [6.45, 7) is 13.4. The Morgan fingerprint density at radius 3 is 2.50 bits per heavy atom. The first-order chi connectivity index (χ1) is 7.38. The quantitative estimate of drug-likeness (QED) is 0.778. The molecule has 3 unspecified atom stereocenters. The number of ether oxygens (including phenoxy) is 1. The molecule has 3 atom stereocenters. The van der Waals surface area contributed by atoms with Crippen LogP contribution in [-0.4, -0.2) is 25.3 Å². The third-order valence-corrected chi connectivity index (χ3v) is 3.55. The molecule has 0 saturated carbocycles. The Bertz CT molecular complexity index is 191. The van der Waals surface area contributed by atoms with Gasteiger partial charge in [0.2, 0.25) is 0 Å². The van der Waals surface area contributed by atoms with Crippen molar-refractivity contribution in [3.63, 3.8) is 0 Å². The number of hydrogen-bond acceptors (Lipinski definition) is 2. The number of nitrogens with one attached hydrogen (secondary N) is 1. The third kappa shape index (κ3) is 5.31. The van der Waals surface area contributed by atoms with Crippen molar-refractivity contribution in [1.29, 1.82) is 0 Å².